The number of rotatable bonds is 8. The zero-order chi connectivity index (χ0) is 27.4. The molecule has 2 nitrogen and oxygen atoms in total. The van der Waals surface area contributed by atoms with Gasteiger partial charge in [-0.3, -0.25) is 0 Å². The third-order valence-electron chi connectivity index (χ3n) is 12.8. The molecule has 0 aromatic heterocycles. The quantitative estimate of drug-likeness (QED) is 0.192. The second-order valence-corrected chi connectivity index (χ2v) is 21.4. The Morgan fingerprint density at radius 2 is 1.70 bits per heavy atom. The molecule has 0 bridgehead atoms. The van der Waals surface area contributed by atoms with Crippen LogP contribution in [0.2, 0.25) is 18.1 Å². The molecule has 3 fully saturated rings. The highest BCUT2D eigenvalue weighted by Crippen LogP contribution is 2.68. The topological polar surface area (TPSA) is 29.5 Å². The highest BCUT2D eigenvalue weighted by molar-refractivity contribution is 6.74. The van der Waals surface area contributed by atoms with Crippen LogP contribution in [0, 0.1) is 40.4 Å². The molecule has 3 heteroatoms. The normalized spacial score (nSPS) is 40.0. The Bertz CT molecular complexity index is 835. The van der Waals surface area contributed by atoms with Gasteiger partial charge in [-0.1, -0.05) is 79.4 Å². The molecule has 0 aromatic rings. The fraction of sp³-hybridized carbons (Fsp3) is 0.941. The molecule has 37 heavy (non-hydrogen) atoms. The minimum absolute atomic E-state index is 0.280. The average molecular weight is 531 g/mol. The average Bonchev–Trinajstić information content (AvgIpc) is 3.14. The fourth-order valence-electron chi connectivity index (χ4n) is 9.55. The Morgan fingerprint density at radius 3 is 2.35 bits per heavy atom. The SMILES string of the molecule is CC(C)CCCC[C@](C)(O)[C@H]1CC[C@H]2[C@@H]3CC=C4C[C@@H](O[Si](C)(C)C(C)(C)C)CC[C@]4(C)[C@H]3CC[C@@]21C. The van der Waals surface area contributed by atoms with Crippen molar-refractivity contribution in [2.24, 2.45) is 40.4 Å². The molecule has 0 radical (unpaired) electrons. The van der Waals surface area contributed by atoms with E-state index < -0.39 is 13.9 Å². The number of hydrogen-bond acceptors (Lipinski definition) is 2. The molecule has 214 valence electrons. The number of hydrogen-bond donors (Lipinski definition) is 1. The van der Waals surface area contributed by atoms with E-state index >= 15 is 0 Å². The van der Waals surface area contributed by atoms with E-state index in [4.69, 9.17) is 4.43 Å². The van der Waals surface area contributed by atoms with Gasteiger partial charge in [-0.2, -0.15) is 0 Å². The van der Waals surface area contributed by atoms with Gasteiger partial charge in [0.2, 0.25) is 0 Å². The van der Waals surface area contributed by atoms with Gasteiger partial charge in [-0.25, -0.2) is 0 Å². The van der Waals surface area contributed by atoms with Crippen LogP contribution in [0.25, 0.3) is 0 Å². The van der Waals surface area contributed by atoms with Crippen LogP contribution in [0.15, 0.2) is 11.6 Å². The van der Waals surface area contributed by atoms with E-state index in [0.717, 1.165) is 30.1 Å². The van der Waals surface area contributed by atoms with E-state index in [1.807, 2.05) is 0 Å². The third kappa shape index (κ3) is 5.58. The first-order valence-electron chi connectivity index (χ1n) is 16.1. The molecule has 0 amide bonds. The van der Waals surface area contributed by atoms with Crippen molar-refractivity contribution in [1.82, 2.24) is 0 Å². The Labute approximate surface area is 231 Å². The lowest BCUT2D eigenvalue weighted by atomic mass is 9.46. The summed E-state index contributed by atoms with van der Waals surface area (Å²) < 4.78 is 6.93. The first-order chi connectivity index (χ1) is 17.0. The summed E-state index contributed by atoms with van der Waals surface area (Å²) in [5, 5.41) is 12.1. The van der Waals surface area contributed by atoms with E-state index in [-0.39, 0.29) is 5.04 Å². The van der Waals surface area contributed by atoms with Crippen LogP contribution in [0.3, 0.4) is 0 Å². The zero-order valence-electron chi connectivity index (χ0n) is 26.4. The predicted molar refractivity (Wildman–Crippen MR) is 161 cm³/mol. The maximum absolute atomic E-state index is 11.8. The first kappa shape index (κ1) is 29.8. The summed E-state index contributed by atoms with van der Waals surface area (Å²) >= 11 is 0. The summed E-state index contributed by atoms with van der Waals surface area (Å²) in [5.41, 5.74) is 1.91. The van der Waals surface area contributed by atoms with Crippen LogP contribution in [-0.4, -0.2) is 25.1 Å². The lowest BCUT2D eigenvalue weighted by Gasteiger charge is -2.59. The molecule has 4 rings (SSSR count). The molecule has 0 saturated heterocycles. The van der Waals surface area contributed by atoms with Crippen molar-refractivity contribution in [2.75, 3.05) is 0 Å². The van der Waals surface area contributed by atoms with E-state index in [9.17, 15) is 5.11 Å². The molecule has 3 saturated carbocycles. The van der Waals surface area contributed by atoms with Crippen molar-refractivity contribution in [3.8, 4) is 0 Å². The van der Waals surface area contributed by atoms with E-state index in [0.29, 0.717) is 22.9 Å². The molecule has 0 aromatic carbocycles. The van der Waals surface area contributed by atoms with Crippen molar-refractivity contribution in [2.45, 2.75) is 162 Å². The van der Waals surface area contributed by atoms with Gasteiger partial charge >= 0.3 is 0 Å². The Hall–Kier alpha value is -0.123. The minimum Gasteiger partial charge on any atom is -0.414 e. The molecular formula is C34H62O2Si. The summed E-state index contributed by atoms with van der Waals surface area (Å²) in [6, 6.07) is 0. The molecule has 1 N–H and O–H groups in total. The minimum atomic E-state index is -1.73. The van der Waals surface area contributed by atoms with Crippen LogP contribution >= 0.6 is 0 Å². The van der Waals surface area contributed by atoms with Crippen LogP contribution in [0.5, 0.6) is 0 Å². The van der Waals surface area contributed by atoms with E-state index in [1.165, 1.54) is 70.6 Å². The highest BCUT2D eigenvalue weighted by atomic mass is 28.4. The largest absolute Gasteiger partial charge is 0.414 e. The molecule has 0 heterocycles. The Balaban J connectivity index is 1.45. The monoisotopic (exact) mass is 530 g/mol. The van der Waals surface area contributed by atoms with Crippen molar-refractivity contribution in [3.63, 3.8) is 0 Å². The van der Waals surface area contributed by atoms with Gasteiger partial charge in [0.05, 0.1) is 5.60 Å². The lowest BCUT2D eigenvalue weighted by Crippen LogP contribution is -2.53. The summed E-state index contributed by atoms with van der Waals surface area (Å²) in [6.45, 7) is 24.0. The molecule has 8 atom stereocenters. The Kier molecular flexibility index (Phi) is 8.36. The molecule has 0 aliphatic heterocycles. The number of allylic oxidation sites excluding steroid dienone is 1. The van der Waals surface area contributed by atoms with E-state index in [2.05, 4.69) is 74.6 Å². The summed E-state index contributed by atoms with van der Waals surface area (Å²) in [5.74, 6) is 3.67. The van der Waals surface area contributed by atoms with Crippen molar-refractivity contribution in [1.29, 1.82) is 0 Å². The van der Waals surface area contributed by atoms with Crippen molar-refractivity contribution < 1.29 is 9.53 Å². The standard InChI is InChI=1S/C34H62O2Si/c1-24(2)13-11-12-20-34(8,35)30-17-16-28-27-15-14-25-23-26(36-37(9,10)31(3,4)5)18-21-32(25,6)29(27)19-22-33(28,30)7/h14,24,26-30,35H,11-13,15-23H2,1-10H3/t26-,27-,28-,29-,30-,32-,33-,34-/m0/s1. The Morgan fingerprint density at radius 1 is 1.00 bits per heavy atom. The second-order valence-electron chi connectivity index (χ2n) is 16.7. The molecule has 4 aliphatic rings. The van der Waals surface area contributed by atoms with Gasteiger partial charge in [0, 0.05) is 6.10 Å². The van der Waals surface area contributed by atoms with Crippen LogP contribution in [-0.2, 0) is 4.43 Å². The maximum atomic E-state index is 11.8. The zero-order valence-corrected chi connectivity index (χ0v) is 27.4. The first-order valence-corrected chi connectivity index (χ1v) is 19.0. The van der Waals surface area contributed by atoms with Gasteiger partial charge in [0.15, 0.2) is 8.32 Å². The van der Waals surface area contributed by atoms with Crippen molar-refractivity contribution in [3.05, 3.63) is 11.6 Å². The smallest absolute Gasteiger partial charge is 0.192 e. The maximum Gasteiger partial charge on any atom is 0.192 e. The van der Waals surface area contributed by atoms with Crippen LogP contribution in [0.1, 0.15) is 132 Å². The van der Waals surface area contributed by atoms with Gasteiger partial charge in [-0.05, 0) is 123 Å². The number of fused-ring (bicyclic) bond motifs is 5. The predicted octanol–water partition coefficient (Wildman–Crippen LogP) is 9.92. The van der Waals surface area contributed by atoms with Gasteiger partial charge in [0.1, 0.15) is 0 Å². The number of aliphatic hydroxyl groups is 1. The molecule has 4 aliphatic carbocycles. The fourth-order valence-corrected chi connectivity index (χ4v) is 10.9. The molecular weight excluding hydrogens is 468 g/mol. The third-order valence-corrected chi connectivity index (χ3v) is 17.3. The van der Waals surface area contributed by atoms with Crippen LogP contribution < -0.4 is 0 Å². The summed E-state index contributed by atoms with van der Waals surface area (Å²) in [7, 11) is -1.73. The lowest BCUT2D eigenvalue weighted by molar-refractivity contribution is -0.105. The van der Waals surface area contributed by atoms with Crippen LogP contribution in [0.4, 0.5) is 0 Å². The van der Waals surface area contributed by atoms with Gasteiger partial charge in [-0.15, -0.1) is 0 Å². The summed E-state index contributed by atoms with van der Waals surface area (Å²) in [6.07, 6.45) is 18.0. The summed E-state index contributed by atoms with van der Waals surface area (Å²) in [4.78, 5) is 0. The highest BCUT2D eigenvalue weighted by Gasteiger charge is 2.61. The number of unbranched alkanes of at least 4 members (excludes halogenated alkanes) is 1. The molecule has 0 unspecified atom stereocenters. The van der Waals surface area contributed by atoms with Gasteiger partial charge in [0.25, 0.3) is 0 Å². The van der Waals surface area contributed by atoms with E-state index in [1.54, 1.807) is 5.57 Å². The van der Waals surface area contributed by atoms with Crippen molar-refractivity contribution >= 4 is 8.32 Å². The second kappa shape index (κ2) is 10.4. The molecule has 0 spiro atoms. The van der Waals surface area contributed by atoms with Gasteiger partial charge < -0.3 is 9.53 Å².